The Morgan fingerprint density at radius 2 is 1.56 bits per heavy atom. The van der Waals surface area contributed by atoms with Crippen molar-refractivity contribution >= 4 is 9.84 Å². The highest BCUT2D eigenvalue weighted by Crippen LogP contribution is 2.37. The lowest BCUT2D eigenvalue weighted by Crippen LogP contribution is -2.30. The van der Waals surface area contributed by atoms with E-state index < -0.39 is 26.9 Å². The molecule has 0 fully saturated rings. The third-order valence-electron chi connectivity index (χ3n) is 6.44. The molecule has 218 valence electrons. The Morgan fingerprint density at radius 3 is 2.17 bits per heavy atom. The normalized spacial score (nSPS) is 13.0. The van der Waals surface area contributed by atoms with Gasteiger partial charge in [-0.1, -0.05) is 12.1 Å². The van der Waals surface area contributed by atoms with Crippen LogP contribution in [0.5, 0.6) is 23.3 Å². The second-order valence-electron chi connectivity index (χ2n) is 8.93. The van der Waals surface area contributed by atoms with Crippen molar-refractivity contribution in [2.45, 2.75) is 31.0 Å². The Bertz CT molecular complexity index is 1600. The van der Waals surface area contributed by atoms with Gasteiger partial charge in [-0.25, -0.2) is 18.4 Å². The molecule has 0 amide bonds. The van der Waals surface area contributed by atoms with Gasteiger partial charge in [0.1, 0.15) is 40.4 Å². The zero-order chi connectivity index (χ0) is 29.7. The van der Waals surface area contributed by atoms with Gasteiger partial charge in [0, 0.05) is 19.4 Å². The quantitative estimate of drug-likeness (QED) is 0.241. The van der Waals surface area contributed by atoms with Crippen LogP contribution in [0.2, 0.25) is 0 Å². The van der Waals surface area contributed by atoms with Crippen molar-refractivity contribution < 1.29 is 32.1 Å². The van der Waals surface area contributed by atoms with Crippen LogP contribution in [0.3, 0.4) is 0 Å². The number of sulfone groups is 1. The lowest BCUT2D eigenvalue weighted by Gasteiger charge is -2.23. The lowest BCUT2D eigenvalue weighted by atomic mass is 10.2. The predicted octanol–water partition coefficient (Wildman–Crippen LogP) is 3.15. The number of ether oxygens (including phenoxy) is 5. The zero-order valence-electron chi connectivity index (χ0n) is 23.9. The van der Waals surface area contributed by atoms with E-state index in [4.69, 9.17) is 23.7 Å². The van der Waals surface area contributed by atoms with E-state index in [1.54, 1.807) is 54.8 Å². The Balaban J connectivity index is 1.86. The van der Waals surface area contributed by atoms with Gasteiger partial charge in [0.2, 0.25) is 11.8 Å². The third kappa shape index (κ3) is 5.93. The van der Waals surface area contributed by atoms with E-state index in [2.05, 4.69) is 25.1 Å². The molecular formula is C27H32N6O7S. The highest BCUT2D eigenvalue weighted by atomic mass is 32.2. The Hall–Kier alpha value is -4.30. The van der Waals surface area contributed by atoms with Crippen molar-refractivity contribution in [3.63, 3.8) is 0 Å². The van der Waals surface area contributed by atoms with E-state index in [0.29, 0.717) is 34.5 Å². The first kappa shape index (κ1) is 29.7. The summed E-state index contributed by atoms with van der Waals surface area (Å²) in [6.07, 6.45) is 0.557. The average molecular weight is 585 g/mol. The predicted molar refractivity (Wildman–Crippen MR) is 149 cm³/mol. The zero-order valence-corrected chi connectivity index (χ0v) is 24.7. The monoisotopic (exact) mass is 584 g/mol. The largest absolute Gasteiger partial charge is 0.494 e. The molecule has 13 nitrogen and oxygen atoms in total. The van der Waals surface area contributed by atoms with E-state index in [9.17, 15) is 8.42 Å². The maximum atomic E-state index is 13.9. The molecule has 3 heterocycles. The fraction of sp³-hybridized carbons (Fsp3) is 0.370. The van der Waals surface area contributed by atoms with Crippen LogP contribution in [0.25, 0.3) is 17.2 Å². The molecule has 0 N–H and O–H groups in total. The van der Waals surface area contributed by atoms with Crippen LogP contribution in [0.15, 0.2) is 42.6 Å². The summed E-state index contributed by atoms with van der Waals surface area (Å²) in [5.74, 6) is 1.22. The molecule has 0 radical (unpaired) electrons. The number of para-hydroxylation sites is 1. The fourth-order valence-electron chi connectivity index (χ4n) is 4.35. The van der Waals surface area contributed by atoms with Crippen LogP contribution in [-0.2, 0) is 20.3 Å². The van der Waals surface area contributed by atoms with Crippen molar-refractivity contribution in [1.82, 2.24) is 29.7 Å². The summed E-state index contributed by atoms with van der Waals surface area (Å²) >= 11 is 0. The number of benzene rings is 1. The van der Waals surface area contributed by atoms with Gasteiger partial charge in [0.05, 0.1) is 39.4 Å². The van der Waals surface area contributed by atoms with Gasteiger partial charge in [-0.2, -0.15) is 0 Å². The van der Waals surface area contributed by atoms with Crippen LogP contribution in [-0.4, -0.2) is 78.9 Å². The summed E-state index contributed by atoms with van der Waals surface area (Å²) in [4.78, 5) is 13.2. The third-order valence-corrected chi connectivity index (χ3v) is 8.49. The molecule has 0 saturated carbocycles. The first-order chi connectivity index (χ1) is 19.7. The number of aromatic nitrogens is 6. The minimum absolute atomic E-state index is 0.107. The summed E-state index contributed by atoms with van der Waals surface area (Å²) in [6.45, 7) is 3.30. The standard InChI is InChI=1S/C27H32N6O7S/c1-16-14-28-23(27(29-16)40-7)25(39-6)17(2)41(34,35)15-21-31-32-26(18-10-8-13-22(30-18)38-5)33(21)24-19(36-3)11-9-12-20(24)37-4/h8-14,17,25H,15H2,1-7H3/t17-,25+/m1/s1. The van der Waals surface area contributed by atoms with Crippen molar-refractivity contribution in [2.75, 3.05) is 35.5 Å². The molecule has 4 rings (SSSR count). The van der Waals surface area contributed by atoms with Crippen LogP contribution < -0.4 is 18.9 Å². The fourth-order valence-corrected chi connectivity index (χ4v) is 5.78. The number of hydrogen-bond acceptors (Lipinski definition) is 12. The van der Waals surface area contributed by atoms with E-state index in [-0.39, 0.29) is 23.2 Å². The maximum Gasteiger partial charge on any atom is 0.238 e. The van der Waals surface area contributed by atoms with Crippen LogP contribution in [0.1, 0.15) is 30.2 Å². The molecule has 0 aliphatic heterocycles. The summed E-state index contributed by atoms with van der Waals surface area (Å²) in [5, 5.41) is 7.56. The van der Waals surface area contributed by atoms with E-state index >= 15 is 0 Å². The molecule has 14 heteroatoms. The first-order valence-electron chi connectivity index (χ1n) is 12.5. The van der Waals surface area contributed by atoms with Crippen molar-refractivity contribution in [1.29, 1.82) is 0 Å². The van der Waals surface area contributed by atoms with E-state index in [0.717, 1.165) is 0 Å². The molecule has 4 aromatic rings. The van der Waals surface area contributed by atoms with Crippen LogP contribution in [0.4, 0.5) is 0 Å². The molecule has 3 aromatic heterocycles. The molecule has 0 saturated heterocycles. The molecule has 0 bridgehead atoms. The lowest BCUT2D eigenvalue weighted by molar-refractivity contribution is 0.0953. The van der Waals surface area contributed by atoms with Gasteiger partial charge in [-0.15, -0.1) is 10.2 Å². The van der Waals surface area contributed by atoms with Crippen LogP contribution >= 0.6 is 0 Å². The summed E-state index contributed by atoms with van der Waals surface area (Å²) in [6, 6.07) is 10.4. The topological polar surface area (TPSA) is 150 Å². The minimum atomic E-state index is -3.96. The smallest absolute Gasteiger partial charge is 0.238 e. The van der Waals surface area contributed by atoms with Crippen LogP contribution in [0, 0.1) is 6.92 Å². The summed E-state index contributed by atoms with van der Waals surface area (Å²) < 4.78 is 57.0. The minimum Gasteiger partial charge on any atom is -0.494 e. The van der Waals surface area contributed by atoms with Gasteiger partial charge in [-0.3, -0.25) is 9.55 Å². The summed E-state index contributed by atoms with van der Waals surface area (Å²) in [5.41, 5.74) is 1.70. The molecule has 0 aliphatic rings. The van der Waals surface area contributed by atoms with Crippen molar-refractivity contribution in [2.24, 2.45) is 0 Å². The highest BCUT2D eigenvalue weighted by molar-refractivity contribution is 7.91. The molecule has 2 atom stereocenters. The number of aryl methyl sites for hydroxylation is 1. The molecule has 0 spiro atoms. The molecule has 41 heavy (non-hydrogen) atoms. The van der Waals surface area contributed by atoms with Gasteiger partial charge in [0.15, 0.2) is 21.5 Å². The number of rotatable bonds is 12. The van der Waals surface area contributed by atoms with Gasteiger partial charge in [-0.05, 0) is 32.0 Å². The average Bonchev–Trinajstić information content (AvgIpc) is 3.39. The van der Waals surface area contributed by atoms with E-state index in [1.165, 1.54) is 41.7 Å². The number of methoxy groups -OCH3 is 5. The second-order valence-corrected chi connectivity index (χ2v) is 11.3. The Kier molecular flexibility index (Phi) is 9.03. The van der Waals surface area contributed by atoms with E-state index in [1.807, 2.05) is 0 Å². The van der Waals surface area contributed by atoms with Gasteiger partial charge >= 0.3 is 0 Å². The molecular weight excluding hydrogens is 552 g/mol. The molecule has 0 aliphatic carbocycles. The Morgan fingerprint density at radius 1 is 0.878 bits per heavy atom. The van der Waals surface area contributed by atoms with Gasteiger partial charge < -0.3 is 23.7 Å². The Labute approximate surface area is 238 Å². The second kappa shape index (κ2) is 12.5. The van der Waals surface area contributed by atoms with Gasteiger partial charge in [0.25, 0.3) is 0 Å². The first-order valence-corrected chi connectivity index (χ1v) is 14.2. The maximum absolute atomic E-state index is 13.9. The van der Waals surface area contributed by atoms with Crippen molar-refractivity contribution in [3.8, 4) is 40.5 Å². The SMILES string of the molecule is COc1cccc(-c2nnc(CS(=O)(=O)[C@H](C)[C@H](OC)c3ncc(C)nc3OC)n2-c2c(OC)cccc2OC)n1. The summed E-state index contributed by atoms with van der Waals surface area (Å²) in [7, 11) is 3.40. The molecule has 1 aromatic carbocycles. The number of pyridine rings is 1. The number of nitrogens with zero attached hydrogens (tertiary/aromatic N) is 6. The number of hydrogen-bond donors (Lipinski definition) is 0. The van der Waals surface area contributed by atoms with Crippen molar-refractivity contribution in [3.05, 3.63) is 59.8 Å². The molecule has 0 unspecified atom stereocenters. The highest BCUT2D eigenvalue weighted by Gasteiger charge is 2.36.